The van der Waals surface area contributed by atoms with Crippen molar-refractivity contribution in [1.82, 2.24) is 0 Å². The van der Waals surface area contributed by atoms with E-state index in [-0.39, 0.29) is 7.12 Å². The van der Waals surface area contributed by atoms with Gasteiger partial charge in [0.1, 0.15) is 11.5 Å². The second-order valence-corrected chi connectivity index (χ2v) is 5.32. The molecule has 18 heavy (non-hydrogen) atoms. The number of para-hydroxylation sites is 2. The van der Waals surface area contributed by atoms with Gasteiger partial charge in [0.05, 0.1) is 0 Å². The van der Waals surface area contributed by atoms with Crippen molar-refractivity contribution >= 4 is 7.12 Å². The summed E-state index contributed by atoms with van der Waals surface area (Å²) < 4.78 is 11.6. The Kier molecular flexibility index (Phi) is 3.31. The predicted molar refractivity (Wildman–Crippen MR) is 73.8 cm³/mol. The van der Waals surface area contributed by atoms with Gasteiger partial charge in [-0.05, 0) is 43.3 Å². The van der Waals surface area contributed by atoms with Crippen molar-refractivity contribution in [2.24, 2.45) is 5.92 Å². The molecule has 0 unspecified atom stereocenters. The fourth-order valence-corrected chi connectivity index (χ4v) is 2.84. The van der Waals surface area contributed by atoms with Crippen LogP contribution in [-0.2, 0) is 0 Å². The molecule has 1 aromatic carbocycles. The van der Waals surface area contributed by atoms with E-state index in [1.807, 2.05) is 24.3 Å². The van der Waals surface area contributed by atoms with E-state index < -0.39 is 0 Å². The Morgan fingerprint density at radius 1 is 1.11 bits per heavy atom. The quantitative estimate of drug-likeness (QED) is 0.729. The van der Waals surface area contributed by atoms with Crippen LogP contribution in [0.2, 0.25) is 0 Å². The average Bonchev–Trinajstić information content (AvgIpc) is 2.84. The van der Waals surface area contributed by atoms with E-state index in [1.165, 1.54) is 37.6 Å². The van der Waals surface area contributed by atoms with Gasteiger partial charge in [0.25, 0.3) is 0 Å². The summed E-state index contributed by atoms with van der Waals surface area (Å²) in [6.07, 6.45) is 9.11. The second-order valence-electron chi connectivity index (χ2n) is 5.32. The zero-order chi connectivity index (χ0) is 12.4. The summed E-state index contributed by atoms with van der Waals surface area (Å²) in [5, 5.41) is 0. The van der Waals surface area contributed by atoms with Gasteiger partial charge < -0.3 is 9.31 Å². The molecule has 0 aromatic heterocycles. The van der Waals surface area contributed by atoms with Gasteiger partial charge in [0.2, 0.25) is 0 Å². The summed E-state index contributed by atoms with van der Waals surface area (Å²) >= 11 is 0. The van der Waals surface area contributed by atoms with Crippen LogP contribution in [0.5, 0.6) is 11.5 Å². The van der Waals surface area contributed by atoms with Gasteiger partial charge in [-0.25, -0.2) is 0 Å². The molecule has 94 valence electrons. The molecule has 2 nitrogen and oxygen atoms in total. The maximum atomic E-state index is 5.82. The van der Waals surface area contributed by atoms with E-state index in [0.717, 1.165) is 17.4 Å². The zero-order valence-electron chi connectivity index (χ0n) is 10.9. The van der Waals surface area contributed by atoms with Crippen molar-refractivity contribution in [3.05, 3.63) is 35.8 Å². The molecule has 0 atom stereocenters. The van der Waals surface area contributed by atoms with E-state index in [2.05, 4.69) is 13.0 Å². The van der Waals surface area contributed by atoms with Crippen LogP contribution < -0.4 is 9.31 Å². The van der Waals surface area contributed by atoms with Crippen molar-refractivity contribution in [1.29, 1.82) is 0 Å². The van der Waals surface area contributed by atoms with Crippen molar-refractivity contribution in [2.75, 3.05) is 0 Å². The Morgan fingerprint density at radius 2 is 1.72 bits per heavy atom. The smallest absolute Gasteiger partial charge is 0.519 e. The van der Waals surface area contributed by atoms with Crippen LogP contribution in [0.4, 0.5) is 0 Å². The van der Waals surface area contributed by atoms with E-state index in [9.17, 15) is 0 Å². The van der Waals surface area contributed by atoms with Gasteiger partial charge >= 0.3 is 7.12 Å². The van der Waals surface area contributed by atoms with Gasteiger partial charge in [0, 0.05) is 0 Å². The molecule has 0 spiro atoms. The standard InChI is InChI=1S/C15H19BO2/c1-12(11-13-7-3-2-4-8-13)16-17-14-9-5-6-10-15(14)18-16/h5-6,9-11,13H,2-4,7-8H2,1H3/b12-11+. The third-order valence-corrected chi connectivity index (χ3v) is 3.84. The lowest BCUT2D eigenvalue weighted by Gasteiger charge is -2.19. The normalized spacial score (nSPS) is 20.3. The molecule has 3 rings (SSSR count). The Hall–Kier alpha value is -1.38. The monoisotopic (exact) mass is 242 g/mol. The number of hydrogen-bond acceptors (Lipinski definition) is 2. The summed E-state index contributed by atoms with van der Waals surface area (Å²) in [6, 6.07) is 7.88. The predicted octanol–water partition coefficient (Wildman–Crippen LogP) is 4.01. The highest BCUT2D eigenvalue weighted by molar-refractivity contribution is 6.56. The molecule has 0 bridgehead atoms. The molecular weight excluding hydrogens is 223 g/mol. The highest BCUT2D eigenvalue weighted by Gasteiger charge is 2.33. The maximum Gasteiger partial charge on any atom is 0.627 e. The summed E-state index contributed by atoms with van der Waals surface area (Å²) in [5.41, 5.74) is 1.21. The van der Waals surface area contributed by atoms with Crippen molar-refractivity contribution in [2.45, 2.75) is 39.0 Å². The zero-order valence-corrected chi connectivity index (χ0v) is 10.9. The van der Waals surface area contributed by atoms with Crippen molar-refractivity contribution in [3.63, 3.8) is 0 Å². The Morgan fingerprint density at radius 3 is 2.33 bits per heavy atom. The van der Waals surface area contributed by atoms with Crippen molar-refractivity contribution < 1.29 is 9.31 Å². The Bertz CT molecular complexity index is 425. The van der Waals surface area contributed by atoms with E-state index in [4.69, 9.17) is 9.31 Å². The number of hydrogen-bond donors (Lipinski definition) is 0. The fourth-order valence-electron chi connectivity index (χ4n) is 2.84. The first-order chi connectivity index (χ1) is 8.83. The van der Waals surface area contributed by atoms with Gasteiger partial charge in [-0.2, -0.15) is 0 Å². The van der Waals surface area contributed by atoms with E-state index >= 15 is 0 Å². The third-order valence-electron chi connectivity index (χ3n) is 3.84. The fraction of sp³-hybridized carbons (Fsp3) is 0.467. The highest BCUT2D eigenvalue weighted by Crippen LogP contribution is 2.35. The minimum Gasteiger partial charge on any atom is -0.519 e. The lowest BCUT2D eigenvalue weighted by molar-refractivity contribution is 0.417. The van der Waals surface area contributed by atoms with E-state index in [1.54, 1.807) is 0 Å². The van der Waals surface area contributed by atoms with Crippen LogP contribution >= 0.6 is 0 Å². The number of fused-ring (bicyclic) bond motifs is 1. The highest BCUT2D eigenvalue weighted by atomic mass is 16.6. The molecule has 1 aromatic rings. The van der Waals surface area contributed by atoms with Crippen LogP contribution in [0.15, 0.2) is 35.8 Å². The van der Waals surface area contributed by atoms with Crippen molar-refractivity contribution in [3.8, 4) is 11.5 Å². The minimum absolute atomic E-state index is 0.218. The number of rotatable bonds is 2. The molecule has 0 amide bonds. The summed E-state index contributed by atoms with van der Waals surface area (Å²) in [5.74, 6) is 2.44. The van der Waals surface area contributed by atoms with Crippen LogP contribution in [0.1, 0.15) is 39.0 Å². The maximum absolute atomic E-state index is 5.82. The summed E-state index contributed by atoms with van der Waals surface area (Å²) in [7, 11) is -0.218. The molecule has 1 fully saturated rings. The Labute approximate surface area is 109 Å². The van der Waals surface area contributed by atoms with Crippen LogP contribution in [0, 0.1) is 5.92 Å². The summed E-state index contributed by atoms with van der Waals surface area (Å²) in [6.45, 7) is 2.12. The average molecular weight is 242 g/mol. The first kappa shape index (κ1) is 11.7. The molecule has 2 aliphatic rings. The largest absolute Gasteiger partial charge is 0.627 e. The molecule has 1 heterocycles. The lowest BCUT2D eigenvalue weighted by Crippen LogP contribution is -2.27. The number of benzene rings is 1. The first-order valence-electron chi connectivity index (χ1n) is 6.93. The summed E-state index contributed by atoms with van der Waals surface area (Å²) in [4.78, 5) is 0. The third kappa shape index (κ3) is 2.40. The Balaban J connectivity index is 1.68. The topological polar surface area (TPSA) is 18.5 Å². The lowest BCUT2D eigenvalue weighted by atomic mass is 9.76. The molecule has 0 saturated heterocycles. The second kappa shape index (κ2) is 5.09. The molecule has 1 aliphatic carbocycles. The SMILES string of the molecule is C/C(=C\C1CCCCC1)B1Oc2ccccc2O1. The van der Waals surface area contributed by atoms with Gasteiger partial charge in [-0.15, -0.1) is 0 Å². The first-order valence-corrected chi connectivity index (χ1v) is 6.93. The molecule has 1 aliphatic heterocycles. The van der Waals surface area contributed by atoms with Gasteiger partial charge in [0.15, 0.2) is 0 Å². The van der Waals surface area contributed by atoms with Crippen LogP contribution in [0.3, 0.4) is 0 Å². The molecule has 0 radical (unpaired) electrons. The van der Waals surface area contributed by atoms with Gasteiger partial charge in [-0.3, -0.25) is 0 Å². The molecule has 0 N–H and O–H groups in total. The van der Waals surface area contributed by atoms with Crippen LogP contribution in [0.25, 0.3) is 0 Å². The molecular formula is C15H19BO2. The van der Waals surface area contributed by atoms with Crippen LogP contribution in [-0.4, -0.2) is 7.12 Å². The van der Waals surface area contributed by atoms with E-state index in [0.29, 0.717) is 0 Å². The molecule has 1 saturated carbocycles. The molecule has 3 heteroatoms. The minimum atomic E-state index is -0.218. The van der Waals surface area contributed by atoms with Gasteiger partial charge in [-0.1, -0.05) is 37.5 Å². The number of allylic oxidation sites excluding steroid dienone is 2.